The van der Waals surface area contributed by atoms with Crippen molar-refractivity contribution in [2.45, 2.75) is 0 Å². The van der Waals surface area contributed by atoms with Crippen molar-refractivity contribution in [1.29, 1.82) is 0 Å². The van der Waals surface area contributed by atoms with Crippen LogP contribution >= 0.6 is 0 Å². The summed E-state index contributed by atoms with van der Waals surface area (Å²) in [7, 11) is 0. The third-order valence-corrected chi connectivity index (χ3v) is 0. The van der Waals surface area contributed by atoms with Gasteiger partial charge in [0.15, 0.2) is 0 Å². The molecule has 0 saturated carbocycles. The van der Waals surface area contributed by atoms with Gasteiger partial charge in [0.25, 0.3) is 0 Å². The van der Waals surface area contributed by atoms with Gasteiger partial charge in [0, 0.05) is 0 Å². The second-order valence-electron chi connectivity index (χ2n) is 0. The monoisotopic (exact) mass is 367 g/mol. The average molecular weight is 369 g/mol. The summed E-state index contributed by atoms with van der Waals surface area (Å²) in [5.74, 6) is 0. The summed E-state index contributed by atoms with van der Waals surface area (Å²) >= 11 is 0. The summed E-state index contributed by atoms with van der Waals surface area (Å²) in [5.41, 5.74) is 0. The Bertz CT molecular complexity index is 3.61. The Morgan fingerprint density at radius 1 is 0.400 bits per heavy atom. The van der Waals surface area contributed by atoms with Crippen molar-refractivity contribution >= 4 is 0 Å². The molecule has 0 aliphatic rings. The standard InChI is InChI=1S/4ClH.Th/h4*1H;/q;;;;+4/p-4/i;;;;1-5. The molecule has 0 rings (SSSR count). The minimum absolute atomic E-state index is 0. The normalized spacial score (nSPS) is 0. The zero-order valence-corrected chi connectivity index (χ0v) is 9.15. The third kappa shape index (κ3) is 21.1. The molecule has 0 unspecified atom stereocenters. The van der Waals surface area contributed by atoms with Gasteiger partial charge in [-0.1, -0.05) is 0 Å². The van der Waals surface area contributed by atoms with E-state index in [9.17, 15) is 0 Å². The van der Waals surface area contributed by atoms with Crippen LogP contribution in [0.1, 0.15) is 0 Å². The van der Waals surface area contributed by atoms with Crippen LogP contribution in [0.5, 0.6) is 0 Å². The summed E-state index contributed by atoms with van der Waals surface area (Å²) < 4.78 is 0. The number of rotatable bonds is 0. The van der Waals surface area contributed by atoms with Gasteiger partial charge in [-0.2, -0.15) is 0 Å². The van der Waals surface area contributed by atoms with E-state index >= 15 is 0 Å². The van der Waals surface area contributed by atoms with Crippen LogP contribution in [0, 0.1) is 39.9 Å². The molecule has 0 bridgehead atoms. The van der Waals surface area contributed by atoms with Crippen molar-refractivity contribution < 1.29 is 89.6 Å². The minimum Gasteiger partial charge on any atom is -1.00 e. The van der Waals surface area contributed by atoms with Crippen molar-refractivity contribution in [3.05, 3.63) is 0 Å². The van der Waals surface area contributed by atoms with E-state index < -0.39 is 0 Å². The predicted molar refractivity (Wildman–Crippen MR) is 0 cm³/mol. The summed E-state index contributed by atoms with van der Waals surface area (Å²) in [6.45, 7) is 0. The molecular formula is Cl4Th. The quantitative estimate of drug-likeness (QED) is 0.398. The minimum atomic E-state index is 0. The maximum Gasteiger partial charge on any atom is 4.00 e. The van der Waals surface area contributed by atoms with E-state index in [2.05, 4.69) is 0 Å². The molecule has 0 fully saturated rings. The van der Waals surface area contributed by atoms with Crippen LogP contribution in [0.3, 0.4) is 0 Å². The number of hydrogen-bond donors (Lipinski definition) is 0. The fraction of sp³-hybridized carbons (Fsp3) is 0. The van der Waals surface area contributed by atoms with Crippen molar-refractivity contribution in [2.75, 3.05) is 0 Å². The molecular weight excluding hydrogens is 369 g/mol. The SMILES string of the molecule is [227Th+4].[Cl-].[Cl-].[Cl-].[Cl-]. The van der Waals surface area contributed by atoms with Crippen molar-refractivity contribution in [3.63, 3.8) is 0 Å². The molecule has 32 valence electrons. The van der Waals surface area contributed by atoms with Gasteiger partial charge in [0.1, 0.15) is 0 Å². The first-order valence-corrected chi connectivity index (χ1v) is 0. The van der Waals surface area contributed by atoms with Crippen LogP contribution in [0.25, 0.3) is 0 Å². The summed E-state index contributed by atoms with van der Waals surface area (Å²) in [6.07, 6.45) is 0. The third-order valence-electron chi connectivity index (χ3n) is 0. The first-order chi connectivity index (χ1) is 0. The van der Waals surface area contributed by atoms with Crippen LogP contribution in [-0.4, -0.2) is 0 Å². The fourth-order valence-corrected chi connectivity index (χ4v) is 0. The number of halogens is 4. The van der Waals surface area contributed by atoms with E-state index in [1.807, 2.05) is 0 Å². The average Bonchev–Trinajstić information content (AvgIpc) is 0. The zero-order valence-electron chi connectivity index (χ0n) is 2.01. The Morgan fingerprint density at radius 3 is 0.400 bits per heavy atom. The molecule has 0 saturated heterocycles. The molecule has 0 aromatic carbocycles. The van der Waals surface area contributed by atoms with Gasteiger partial charge in [-0.15, -0.1) is 0 Å². The molecule has 0 radical (unpaired) electrons. The van der Waals surface area contributed by atoms with Crippen LogP contribution in [-0.2, 0) is 0 Å². The Kier molecular flexibility index (Phi) is 322. The Labute approximate surface area is 88.2 Å². The van der Waals surface area contributed by atoms with Gasteiger partial charge < -0.3 is 49.6 Å². The van der Waals surface area contributed by atoms with E-state index in [0.29, 0.717) is 0 Å². The summed E-state index contributed by atoms with van der Waals surface area (Å²) in [5, 5.41) is 0. The van der Waals surface area contributed by atoms with Crippen molar-refractivity contribution in [3.8, 4) is 0 Å². The summed E-state index contributed by atoms with van der Waals surface area (Å²) in [6, 6.07) is 0. The fourth-order valence-electron chi connectivity index (χ4n) is 0. The molecule has 0 aromatic rings. The Hall–Kier alpha value is 2.48. The molecule has 0 amide bonds. The van der Waals surface area contributed by atoms with E-state index in [1.165, 1.54) is 0 Å². The van der Waals surface area contributed by atoms with Crippen LogP contribution in [0.4, 0.5) is 0 Å². The molecule has 0 spiro atoms. The molecule has 0 aliphatic carbocycles. The van der Waals surface area contributed by atoms with Crippen molar-refractivity contribution in [1.82, 2.24) is 0 Å². The number of hydrogen-bond acceptors (Lipinski definition) is 0. The molecule has 0 aliphatic heterocycles. The van der Waals surface area contributed by atoms with E-state index in [4.69, 9.17) is 0 Å². The van der Waals surface area contributed by atoms with Crippen LogP contribution in [0.2, 0.25) is 0 Å². The molecule has 0 N–H and O–H groups in total. The Balaban J connectivity index is 0. The van der Waals surface area contributed by atoms with Gasteiger partial charge >= 0.3 is 39.9 Å². The first-order valence-electron chi connectivity index (χ1n) is 0. The molecule has 5 heavy (non-hydrogen) atoms. The molecule has 5 heteroatoms. The van der Waals surface area contributed by atoms with E-state index in [1.54, 1.807) is 0 Å². The van der Waals surface area contributed by atoms with Gasteiger partial charge in [-0.25, -0.2) is 0 Å². The second-order valence-corrected chi connectivity index (χ2v) is 0. The largest absolute Gasteiger partial charge is 4.00 e. The summed E-state index contributed by atoms with van der Waals surface area (Å²) in [4.78, 5) is 0. The maximum absolute atomic E-state index is 0. The predicted octanol–water partition coefficient (Wildman–Crippen LogP) is -12.0. The van der Waals surface area contributed by atoms with Crippen LogP contribution in [0.15, 0.2) is 0 Å². The molecule has 0 aromatic heterocycles. The van der Waals surface area contributed by atoms with Gasteiger partial charge in [0.05, 0.1) is 0 Å². The second kappa shape index (κ2) is 31.6. The molecule has 0 atom stereocenters. The van der Waals surface area contributed by atoms with E-state index in [0.717, 1.165) is 0 Å². The molecule has 0 heterocycles. The maximum atomic E-state index is 0. The van der Waals surface area contributed by atoms with Crippen molar-refractivity contribution in [2.24, 2.45) is 0 Å². The molecule has 0 nitrogen and oxygen atoms in total. The zero-order chi connectivity index (χ0) is 0. The van der Waals surface area contributed by atoms with Gasteiger partial charge in [0.2, 0.25) is 0 Å². The van der Waals surface area contributed by atoms with Gasteiger partial charge in [-0.3, -0.25) is 0 Å². The Morgan fingerprint density at radius 2 is 0.400 bits per heavy atom. The van der Waals surface area contributed by atoms with Gasteiger partial charge in [-0.05, 0) is 0 Å². The van der Waals surface area contributed by atoms with E-state index in [-0.39, 0.29) is 89.6 Å². The topological polar surface area (TPSA) is 0 Å². The van der Waals surface area contributed by atoms with Crippen LogP contribution < -0.4 is 49.6 Å². The first kappa shape index (κ1) is 51.0. The smallest absolute Gasteiger partial charge is 1.00 e.